The Labute approximate surface area is 120 Å². The van der Waals surface area contributed by atoms with Crippen molar-refractivity contribution in [3.8, 4) is 0 Å². The maximum Gasteiger partial charge on any atom is 0.148 e. The van der Waals surface area contributed by atoms with Crippen LogP contribution in [0.15, 0.2) is 41.1 Å². The van der Waals surface area contributed by atoms with Crippen LogP contribution in [0.5, 0.6) is 0 Å². The molecule has 2 aromatic rings. The number of rotatable bonds is 5. The summed E-state index contributed by atoms with van der Waals surface area (Å²) in [5.74, 6) is 0.739. The minimum absolute atomic E-state index is 0.426. The van der Waals surface area contributed by atoms with Crippen LogP contribution < -0.4 is 5.32 Å². The Morgan fingerprint density at radius 3 is 2.72 bits per heavy atom. The fraction of sp³-hybridized carbons (Fsp3) is 0.231. The molecule has 0 saturated carbocycles. The van der Waals surface area contributed by atoms with Gasteiger partial charge >= 0.3 is 0 Å². The van der Waals surface area contributed by atoms with Gasteiger partial charge in [-0.2, -0.15) is 0 Å². The van der Waals surface area contributed by atoms with Crippen molar-refractivity contribution in [3.05, 3.63) is 51.8 Å². The smallest absolute Gasteiger partial charge is 0.148 e. The van der Waals surface area contributed by atoms with Crippen LogP contribution in [0.1, 0.15) is 12.0 Å². The number of hydrogen-bond donors (Lipinski definition) is 1. The number of aryl methyl sites for hydroxylation is 1. The molecule has 0 amide bonds. The van der Waals surface area contributed by atoms with E-state index >= 15 is 0 Å². The van der Waals surface area contributed by atoms with Crippen molar-refractivity contribution >= 4 is 33.3 Å². The van der Waals surface area contributed by atoms with Gasteiger partial charge in [-0.25, -0.2) is 9.97 Å². The van der Waals surface area contributed by atoms with Gasteiger partial charge in [-0.05, 0) is 34.3 Å². The highest BCUT2D eigenvalue weighted by molar-refractivity contribution is 9.10. The van der Waals surface area contributed by atoms with Crippen LogP contribution in [0.2, 0.25) is 5.15 Å². The molecule has 1 heterocycles. The molecule has 0 spiro atoms. The highest BCUT2D eigenvalue weighted by Gasteiger charge is 2.05. The predicted molar refractivity (Wildman–Crippen MR) is 78.0 cm³/mol. The minimum atomic E-state index is 0.426. The van der Waals surface area contributed by atoms with Gasteiger partial charge in [0, 0.05) is 6.54 Å². The number of aromatic nitrogens is 2. The number of nitrogens with zero attached hydrogens (tertiary/aromatic N) is 2. The molecule has 1 aromatic heterocycles. The lowest BCUT2D eigenvalue weighted by Gasteiger charge is -2.07. The molecule has 0 bridgehead atoms. The second-order valence-corrected chi connectivity index (χ2v) is 4.99. The van der Waals surface area contributed by atoms with Crippen molar-refractivity contribution in [2.45, 2.75) is 12.8 Å². The normalized spacial score (nSPS) is 10.3. The van der Waals surface area contributed by atoms with Gasteiger partial charge in [-0.3, -0.25) is 0 Å². The Balaban J connectivity index is 1.81. The summed E-state index contributed by atoms with van der Waals surface area (Å²) < 4.78 is 0.714. The zero-order valence-electron chi connectivity index (χ0n) is 9.74. The van der Waals surface area contributed by atoms with Crippen LogP contribution in [0.25, 0.3) is 0 Å². The Bertz CT molecular complexity index is 505. The van der Waals surface area contributed by atoms with Crippen LogP contribution in [0, 0.1) is 0 Å². The molecular weight excluding hydrogens is 314 g/mol. The molecule has 0 unspecified atom stereocenters. The third-order valence-corrected chi connectivity index (χ3v) is 3.79. The number of benzene rings is 1. The molecular formula is C13H13BrClN3. The third kappa shape index (κ3) is 3.68. The first-order chi connectivity index (χ1) is 8.77. The first-order valence-electron chi connectivity index (χ1n) is 5.71. The van der Waals surface area contributed by atoms with E-state index in [1.165, 1.54) is 11.9 Å². The van der Waals surface area contributed by atoms with Crippen LogP contribution in [-0.4, -0.2) is 16.5 Å². The maximum absolute atomic E-state index is 5.88. The Morgan fingerprint density at radius 2 is 1.94 bits per heavy atom. The van der Waals surface area contributed by atoms with Gasteiger partial charge in [-0.1, -0.05) is 41.9 Å². The minimum Gasteiger partial charge on any atom is -0.369 e. The zero-order chi connectivity index (χ0) is 12.8. The number of halogens is 2. The standard InChI is InChI=1S/C13H13BrClN3/c14-11-12(15)17-9-18-13(11)16-8-4-7-10-5-2-1-3-6-10/h1-3,5-6,9H,4,7-8H2,(H,16,17,18). The average molecular weight is 327 g/mol. The van der Waals surface area contributed by atoms with Gasteiger partial charge in [0.2, 0.25) is 0 Å². The van der Waals surface area contributed by atoms with E-state index < -0.39 is 0 Å². The van der Waals surface area contributed by atoms with E-state index in [1.807, 2.05) is 6.07 Å². The third-order valence-electron chi connectivity index (χ3n) is 2.52. The topological polar surface area (TPSA) is 37.8 Å². The second-order valence-electron chi connectivity index (χ2n) is 3.84. The fourth-order valence-corrected chi connectivity index (χ4v) is 2.09. The molecule has 0 aliphatic heterocycles. The SMILES string of the molecule is Clc1ncnc(NCCCc2ccccc2)c1Br. The largest absolute Gasteiger partial charge is 0.369 e. The van der Waals surface area contributed by atoms with E-state index in [1.54, 1.807) is 0 Å². The molecule has 5 heteroatoms. The number of nitrogens with one attached hydrogen (secondary N) is 1. The lowest BCUT2D eigenvalue weighted by atomic mass is 10.1. The van der Waals surface area contributed by atoms with Gasteiger partial charge in [0.25, 0.3) is 0 Å². The van der Waals surface area contributed by atoms with Crippen molar-refractivity contribution < 1.29 is 0 Å². The molecule has 1 N–H and O–H groups in total. The van der Waals surface area contributed by atoms with Crippen LogP contribution >= 0.6 is 27.5 Å². The molecule has 0 atom stereocenters. The summed E-state index contributed by atoms with van der Waals surface area (Å²) in [4.78, 5) is 8.01. The van der Waals surface area contributed by atoms with Crippen LogP contribution in [0.4, 0.5) is 5.82 Å². The average Bonchev–Trinajstić information content (AvgIpc) is 2.40. The van der Waals surface area contributed by atoms with Gasteiger partial charge in [0.15, 0.2) is 0 Å². The van der Waals surface area contributed by atoms with E-state index in [0.717, 1.165) is 25.2 Å². The molecule has 18 heavy (non-hydrogen) atoms. The number of anilines is 1. The second kappa shape index (κ2) is 6.71. The van der Waals surface area contributed by atoms with E-state index in [4.69, 9.17) is 11.6 Å². The molecule has 94 valence electrons. The predicted octanol–water partition coefficient (Wildman–Crippen LogP) is 3.94. The van der Waals surface area contributed by atoms with Crippen molar-refractivity contribution in [1.82, 2.24) is 9.97 Å². The molecule has 0 radical (unpaired) electrons. The molecule has 0 saturated heterocycles. The summed E-state index contributed by atoms with van der Waals surface area (Å²) in [6, 6.07) is 10.4. The van der Waals surface area contributed by atoms with Crippen molar-refractivity contribution in [2.75, 3.05) is 11.9 Å². The Kier molecular flexibility index (Phi) is 4.96. The summed E-state index contributed by atoms with van der Waals surface area (Å²) in [7, 11) is 0. The molecule has 1 aromatic carbocycles. The first kappa shape index (κ1) is 13.3. The van der Waals surface area contributed by atoms with E-state index in [9.17, 15) is 0 Å². The van der Waals surface area contributed by atoms with Gasteiger partial charge in [0.1, 0.15) is 17.3 Å². The molecule has 0 fully saturated rings. The van der Waals surface area contributed by atoms with E-state index in [2.05, 4.69) is 55.5 Å². The lowest BCUT2D eigenvalue weighted by molar-refractivity contribution is 0.857. The van der Waals surface area contributed by atoms with Gasteiger partial charge in [-0.15, -0.1) is 0 Å². The van der Waals surface area contributed by atoms with Crippen molar-refractivity contribution in [2.24, 2.45) is 0 Å². The van der Waals surface area contributed by atoms with Crippen molar-refractivity contribution in [1.29, 1.82) is 0 Å². The quantitative estimate of drug-likeness (QED) is 0.668. The monoisotopic (exact) mass is 325 g/mol. The Hall–Kier alpha value is -1.13. The fourth-order valence-electron chi connectivity index (χ4n) is 1.62. The Morgan fingerprint density at radius 1 is 1.17 bits per heavy atom. The van der Waals surface area contributed by atoms with Gasteiger partial charge in [0.05, 0.1) is 4.47 Å². The summed E-state index contributed by atoms with van der Waals surface area (Å²) in [6.45, 7) is 0.848. The van der Waals surface area contributed by atoms with E-state index in [0.29, 0.717) is 9.63 Å². The lowest BCUT2D eigenvalue weighted by Crippen LogP contribution is -2.05. The summed E-state index contributed by atoms with van der Waals surface area (Å²) in [5.41, 5.74) is 1.35. The summed E-state index contributed by atoms with van der Waals surface area (Å²) in [6.07, 6.45) is 3.54. The highest BCUT2D eigenvalue weighted by atomic mass is 79.9. The summed E-state index contributed by atoms with van der Waals surface area (Å²) in [5, 5.41) is 3.67. The summed E-state index contributed by atoms with van der Waals surface area (Å²) >= 11 is 9.24. The maximum atomic E-state index is 5.88. The molecule has 0 aliphatic carbocycles. The van der Waals surface area contributed by atoms with Crippen molar-refractivity contribution in [3.63, 3.8) is 0 Å². The van der Waals surface area contributed by atoms with E-state index in [-0.39, 0.29) is 0 Å². The first-order valence-corrected chi connectivity index (χ1v) is 6.88. The molecule has 3 nitrogen and oxygen atoms in total. The van der Waals surface area contributed by atoms with Crippen LogP contribution in [-0.2, 0) is 6.42 Å². The zero-order valence-corrected chi connectivity index (χ0v) is 12.1. The molecule has 0 aliphatic rings. The van der Waals surface area contributed by atoms with Gasteiger partial charge < -0.3 is 5.32 Å². The van der Waals surface area contributed by atoms with Crippen LogP contribution in [0.3, 0.4) is 0 Å². The highest BCUT2D eigenvalue weighted by Crippen LogP contribution is 2.25. The molecule has 2 rings (SSSR count). The number of hydrogen-bond acceptors (Lipinski definition) is 3.